The molecular formula is C32H27NO4. The number of nitrogens with one attached hydrogen (secondary N) is 1. The molecule has 3 aliphatic rings. The van der Waals surface area contributed by atoms with Crippen molar-refractivity contribution in [2.45, 2.75) is 39.5 Å². The van der Waals surface area contributed by atoms with Gasteiger partial charge < -0.3 is 10.1 Å². The zero-order valence-electron chi connectivity index (χ0n) is 21.1. The molecule has 184 valence electrons. The fourth-order valence-electron chi connectivity index (χ4n) is 5.79. The van der Waals surface area contributed by atoms with Crippen LogP contribution in [0, 0.1) is 12.3 Å². The number of carbonyl (C=O) groups is 3. The van der Waals surface area contributed by atoms with Crippen LogP contribution in [0.2, 0.25) is 0 Å². The lowest BCUT2D eigenvalue weighted by molar-refractivity contribution is -0.118. The van der Waals surface area contributed by atoms with Crippen LogP contribution in [0.1, 0.15) is 70.0 Å². The Balaban J connectivity index is 1.39. The number of allylic oxidation sites excluding steroid dienone is 3. The number of fused-ring (bicyclic) bond motifs is 2. The van der Waals surface area contributed by atoms with Crippen molar-refractivity contribution in [3.8, 4) is 5.75 Å². The minimum Gasteiger partial charge on any atom is -0.423 e. The number of rotatable bonds is 3. The van der Waals surface area contributed by atoms with Crippen LogP contribution in [-0.4, -0.2) is 17.5 Å². The Kier molecular flexibility index (Phi) is 5.27. The molecule has 5 nitrogen and oxygen atoms in total. The quantitative estimate of drug-likeness (QED) is 0.353. The molecular weight excluding hydrogens is 462 g/mol. The number of ketones is 2. The predicted octanol–water partition coefficient (Wildman–Crippen LogP) is 6.15. The molecule has 0 saturated heterocycles. The summed E-state index contributed by atoms with van der Waals surface area (Å²) in [6.45, 7) is 6.12. The van der Waals surface area contributed by atoms with Gasteiger partial charge in [0.2, 0.25) is 0 Å². The van der Waals surface area contributed by atoms with Crippen LogP contribution in [0.25, 0.3) is 5.70 Å². The second-order valence-corrected chi connectivity index (χ2v) is 10.9. The van der Waals surface area contributed by atoms with Gasteiger partial charge in [-0.3, -0.25) is 9.59 Å². The minimum atomic E-state index is -0.476. The highest BCUT2D eigenvalue weighted by Crippen LogP contribution is 2.51. The van der Waals surface area contributed by atoms with Gasteiger partial charge in [0, 0.05) is 40.3 Å². The third-order valence-corrected chi connectivity index (χ3v) is 7.41. The van der Waals surface area contributed by atoms with Crippen LogP contribution >= 0.6 is 0 Å². The zero-order chi connectivity index (χ0) is 25.9. The van der Waals surface area contributed by atoms with Crippen molar-refractivity contribution in [3.63, 3.8) is 0 Å². The van der Waals surface area contributed by atoms with Gasteiger partial charge in [0.25, 0.3) is 0 Å². The smallest absolute Gasteiger partial charge is 0.343 e. The van der Waals surface area contributed by atoms with E-state index in [1.54, 1.807) is 24.3 Å². The molecule has 37 heavy (non-hydrogen) atoms. The number of dihydropyridines is 1. The van der Waals surface area contributed by atoms with E-state index in [1.807, 2.05) is 55.5 Å². The first kappa shape index (κ1) is 23.2. The van der Waals surface area contributed by atoms with Crippen molar-refractivity contribution in [2.24, 2.45) is 5.41 Å². The maximum absolute atomic E-state index is 13.6. The SMILES string of the molecule is Cc1cccc(C(=O)Oc2ccc([C@H]3C4=C(CC(C)(C)CC4=O)NC4=C3C(=O)c3ccccc34)cc2)c1. The summed E-state index contributed by atoms with van der Waals surface area (Å²) in [6.07, 6.45) is 1.16. The second kappa shape index (κ2) is 8.41. The molecule has 1 atom stereocenters. The first-order chi connectivity index (χ1) is 17.7. The molecule has 0 amide bonds. The largest absolute Gasteiger partial charge is 0.423 e. The Morgan fingerprint density at radius 2 is 1.62 bits per heavy atom. The Bertz CT molecular complexity index is 1560. The van der Waals surface area contributed by atoms with Crippen LogP contribution in [0.15, 0.2) is 89.6 Å². The van der Waals surface area contributed by atoms with E-state index in [4.69, 9.17) is 4.74 Å². The average molecular weight is 490 g/mol. The Morgan fingerprint density at radius 1 is 0.892 bits per heavy atom. The molecule has 0 bridgehead atoms. The molecule has 5 heteroatoms. The van der Waals surface area contributed by atoms with Gasteiger partial charge in [0.1, 0.15) is 5.75 Å². The molecule has 1 aliphatic heterocycles. The number of aryl methyl sites for hydroxylation is 1. The van der Waals surface area contributed by atoms with Gasteiger partial charge in [-0.1, -0.05) is 67.9 Å². The molecule has 0 radical (unpaired) electrons. The summed E-state index contributed by atoms with van der Waals surface area (Å²) in [4.78, 5) is 39.7. The van der Waals surface area contributed by atoms with Gasteiger partial charge in [0.15, 0.2) is 11.6 Å². The lowest BCUT2D eigenvalue weighted by atomic mass is 9.68. The summed E-state index contributed by atoms with van der Waals surface area (Å²) in [7, 11) is 0. The van der Waals surface area contributed by atoms with Crippen molar-refractivity contribution < 1.29 is 19.1 Å². The Labute approximate surface area is 215 Å². The monoisotopic (exact) mass is 489 g/mol. The van der Waals surface area contributed by atoms with Gasteiger partial charge >= 0.3 is 5.97 Å². The number of benzene rings is 3. The summed E-state index contributed by atoms with van der Waals surface area (Å²) in [5, 5.41) is 3.50. The highest BCUT2D eigenvalue weighted by atomic mass is 16.5. The van der Waals surface area contributed by atoms with E-state index in [2.05, 4.69) is 19.2 Å². The normalized spacial score (nSPS) is 19.7. The number of carbonyl (C=O) groups excluding carboxylic acids is 3. The van der Waals surface area contributed by atoms with Crippen molar-refractivity contribution in [1.82, 2.24) is 5.32 Å². The molecule has 0 unspecified atom stereocenters. The molecule has 1 heterocycles. The highest BCUT2D eigenvalue weighted by Gasteiger charge is 2.46. The number of ether oxygens (including phenoxy) is 1. The lowest BCUT2D eigenvalue weighted by Crippen LogP contribution is -2.37. The van der Waals surface area contributed by atoms with E-state index in [9.17, 15) is 14.4 Å². The summed E-state index contributed by atoms with van der Waals surface area (Å²) < 4.78 is 5.60. The summed E-state index contributed by atoms with van der Waals surface area (Å²) >= 11 is 0. The fourth-order valence-corrected chi connectivity index (χ4v) is 5.79. The molecule has 1 N–H and O–H groups in total. The Morgan fingerprint density at radius 3 is 2.35 bits per heavy atom. The summed E-state index contributed by atoms with van der Waals surface area (Å²) in [6, 6.07) is 22.0. The van der Waals surface area contributed by atoms with E-state index in [1.165, 1.54) is 0 Å². The van der Waals surface area contributed by atoms with Crippen molar-refractivity contribution >= 4 is 23.2 Å². The number of hydrogen-bond donors (Lipinski definition) is 1. The van der Waals surface area contributed by atoms with E-state index < -0.39 is 11.9 Å². The Hall–Kier alpha value is -4.25. The van der Waals surface area contributed by atoms with E-state index in [0.717, 1.165) is 34.5 Å². The van der Waals surface area contributed by atoms with Crippen LogP contribution < -0.4 is 10.1 Å². The summed E-state index contributed by atoms with van der Waals surface area (Å²) in [5.74, 6) is -0.489. The molecule has 0 spiro atoms. The maximum atomic E-state index is 13.6. The van der Waals surface area contributed by atoms with E-state index >= 15 is 0 Å². The molecule has 3 aromatic rings. The number of esters is 1. The first-order valence-corrected chi connectivity index (χ1v) is 12.5. The van der Waals surface area contributed by atoms with Gasteiger partial charge in [-0.15, -0.1) is 0 Å². The van der Waals surface area contributed by atoms with E-state index in [-0.39, 0.29) is 17.0 Å². The van der Waals surface area contributed by atoms with Crippen molar-refractivity contribution in [2.75, 3.05) is 0 Å². The van der Waals surface area contributed by atoms with E-state index in [0.29, 0.717) is 34.4 Å². The third kappa shape index (κ3) is 3.91. The van der Waals surface area contributed by atoms with Gasteiger partial charge in [-0.2, -0.15) is 0 Å². The predicted molar refractivity (Wildman–Crippen MR) is 141 cm³/mol. The van der Waals surface area contributed by atoms with Crippen molar-refractivity contribution in [1.29, 1.82) is 0 Å². The fraction of sp³-hybridized carbons (Fsp3) is 0.219. The third-order valence-electron chi connectivity index (χ3n) is 7.41. The molecule has 0 aromatic heterocycles. The van der Waals surface area contributed by atoms with Crippen LogP contribution in [0.3, 0.4) is 0 Å². The first-order valence-electron chi connectivity index (χ1n) is 12.5. The number of Topliss-reactive ketones (excluding diaryl/α,β-unsaturated/α-hetero) is 2. The lowest BCUT2D eigenvalue weighted by Gasteiger charge is -2.39. The topological polar surface area (TPSA) is 72.5 Å². The maximum Gasteiger partial charge on any atom is 0.343 e. The molecule has 3 aromatic carbocycles. The van der Waals surface area contributed by atoms with Gasteiger partial charge in [-0.25, -0.2) is 4.79 Å². The van der Waals surface area contributed by atoms with Crippen LogP contribution in [0.4, 0.5) is 0 Å². The van der Waals surface area contributed by atoms with Crippen molar-refractivity contribution in [3.05, 3.63) is 117 Å². The molecule has 0 fully saturated rings. The molecule has 6 rings (SSSR count). The molecule has 2 aliphatic carbocycles. The zero-order valence-corrected chi connectivity index (χ0v) is 21.1. The number of hydrogen-bond acceptors (Lipinski definition) is 5. The van der Waals surface area contributed by atoms with Crippen LogP contribution in [-0.2, 0) is 4.79 Å². The standard InChI is InChI=1S/C32H27NO4/c1-18-7-6-8-20(15-18)31(36)37-21-13-11-19(12-14-21)26-27-24(16-32(2,3)17-25(27)34)33-29-22-9-4-5-10-23(22)30(35)28(26)29/h4-15,26,33H,16-17H2,1-3H3/t26-/m0/s1. The van der Waals surface area contributed by atoms with Crippen LogP contribution in [0.5, 0.6) is 5.75 Å². The molecule has 0 saturated carbocycles. The van der Waals surface area contributed by atoms with Gasteiger partial charge in [-0.05, 0) is 48.6 Å². The second-order valence-electron chi connectivity index (χ2n) is 10.9. The average Bonchev–Trinajstić information content (AvgIpc) is 3.14. The van der Waals surface area contributed by atoms with Gasteiger partial charge in [0.05, 0.1) is 11.3 Å². The minimum absolute atomic E-state index is 0.0535. The highest BCUT2D eigenvalue weighted by molar-refractivity contribution is 6.23. The summed E-state index contributed by atoms with van der Waals surface area (Å²) in [5.41, 5.74) is 6.62.